The van der Waals surface area contributed by atoms with Gasteiger partial charge in [0, 0.05) is 28.9 Å². The number of aryl methyl sites for hydroxylation is 1. The molecule has 0 radical (unpaired) electrons. The van der Waals surface area contributed by atoms with Crippen LogP contribution in [0, 0.1) is 6.92 Å². The van der Waals surface area contributed by atoms with Gasteiger partial charge in [-0.3, -0.25) is 10.1 Å². The Hall–Kier alpha value is -3.32. The zero-order valence-corrected chi connectivity index (χ0v) is 15.0. The molecule has 0 aliphatic heterocycles. The van der Waals surface area contributed by atoms with Crippen LogP contribution >= 0.6 is 0 Å². The van der Waals surface area contributed by atoms with Gasteiger partial charge in [0.2, 0.25) is 5.88 Å². The fourth-order valence-corrected chi connectivity index (χ4v) is 2.88. The third kappa shape index (κ3) is 3.93. The van der Waals surface area contributed by atoms with Gasteiger partial charge < -0.3 is 10.5 Å². The average molecular weight is 360 g/mol. The Morgan fingerprint density at radius 2 is 2.00 bits per heavy atom. The third-order valence-electron chi connectivity index (χ3n) is 4.29. The lowest BCUT2D eigenvalue weighted by Gasteiger charge is -2.13. The summed E-state index contributed by atoms with van der Waals surface area (Å²) in [7, 11) is 0. The van der Waals surface area contributed by atoms with Crippen LogP contribution in [0.2, 0.25) is 0 Å². The first-order chi connectivity index (χ1) is 13.2. The second-order valence-corrected chi connectivity index (χ2v) is 6.45. The molecule has 1 atom stereocenters. The van der Waals surface area contributed by atoms with Crippen LogP contribution in [0.3, 0.4) is 0 Å². The van der Waals surface area contributed by atoms with Crippen LogP contribution in [0.15, 0.2) is 55.0 Å². The predicted molar refractivity (Wildman–Crippen MR) is 103 cm³/mol. The average Bonchev–Trinajstić information content (AvgIpc) is 3.08. The molecule has 0 saturated carbocycles. The topological polar surface area (TPSA) is 103 Å². The van der Waals surface area contributed by atoms with Crippen molar-refractivity contribution in [3.8, 4) is 17.1 Å². The van der Waals surface area contributed by atoms with Gasteiger partial charge in [-0.2, -0.15) is 5.10 Å². The van der Waals surface area contributed by atoms with Crippen LogP contribution in [-0.2, 0) is 6.42 Å². The van der Waals surface area contributed by atoms with Gasteiger partial charge in [0.05, 0.1) is 18.1 Å². The Bertz CT molecular complexity index is 1050. The van der Waals surface area contributed by atoms with E-state index >= 15 is 0 Å². The highest BCUT2D eigenvalue weighted by Gasteiger charge is 2.10. The molecule has 3 N–H and O–H groups in total. The molecule has 4 rings (SSSR count). The van der Waals surface area contributed by atoms with Crippen LogP contribution in [0.4, 0.5) is 0 Å². The Kier molecular flexibility index (Phi) is 4.76. The lowest BCUT2D eigenvalue weighted by molar-refractivity contribution is 0.276. The van der Waals surface area contributed by atoms with Gasteiger partial charge >= 0.3 is 0 Å². The SMILES string of the molecule is Cc1[nH]nc2ncc(-c3cncc(OC[C@@H](N)Cc4ccccc4)n3)cc12. The van der Waals surface area contributed by atoms with Crippen molar-refractivity contribution >= 4 is 11.0 Å². The van der Waals surface area contributed by atoms with Crippen molar-refractivity contribution < 1.29 is 4.74 Å². The van der Waals surface area contributed by atoms with Gasteiger partial charge in [-0.25, -0.2) is 9.97 Å². The van der Waals surface area contributed by atoms with Crippen molar-refractivity contribution in [1.29, 1.82) is 0 Å². The second-order valence-electron chi connectivity index (χ2n) is 6.45. The number of nitrogens with one attached hydrogen (secondary N) is 1. The van der Waals surface area contributed by atoms with Crippen LogP contribution < -0.4 is 10.5 Å². The fraction of sp³-hybridized carbons (Fsp3) is 0.200. The van der Waals surface area contributed by atoms with Gasteiger partial charge in [0.15, 0.2) is 5.65 Å². The molecular formula is C20H20N6O. The number of pyridine rings is 1. The molecule has 7 nitrogen and oxygen atoms in total. The maximum atomic E-state index is 6.18. The Balaban J connectivity index is 1.46. The van der Waals surface area contributed by atoms with Crippen molar-refractivity contribution in [2.75, 3.05) is 6.61 Å². The lowest BCUT2D eigenvalue weighted by atomic mass is 10.1. The molecule has 4 aromatic rings. The maximum Gasteiger partial charge on any atom is 0.232 e. The molecule has 0 fully saturated rings. The summed E-state index contributed by atoms with van der Waals surface area (Å²) in [6.45, 7) is 2.32. The van der Waals surface area contributed by atoms with Crippen LogP contribution in [0.25, 0.3) is 22.3 Å². The van der Waals surface area contributed by atoms with E-state index in [1.807, 2.05) is 31.2 Å². The van der Waals surface area contributed by atoms with Crippen molar-refractivity contribution in [3.63, 3.8) is 0 Å². The Morgan fingerprint density at radius 3 is 2.85 bits per heavy atom. The van der Waals surface area contributed by atoms with Crippen molar-refractivity contribution in [2.45, 2.75) is 19.4 Å². The van der Waals surface area contributed by atoms with E-state index in [9.17, 15) is 0 Å². The molecule has 0 aliphatic carbocycles. The molecule has 136 valence electrons. The van der Waals surface area contributed by atoms with Crippen molar-refractivity contribution in [2.24, 2.45) is 5.73 Å². The zero-order valence-electron chi connectivity index (χ0n) is 15.0. The maximum absolute atomic E-state index is 6.18. The van der Waals surface area contributed by atoms with E-state index in [0.717, 1.165) is 23.1 Å². The van der Waals surface area contributed by atoms with Gasteiger partial charge in [-0.1, -0.05) is 30.3 Å². The Labute approximate surface area is 156 Å². The van der Waals surface area contributed by atoms with E-state index in [1.165, 1.54) is 5.56 Å². The molecule has 7 heteroatoms. The number of nitrogens with two attached hydrogens (primary N) is 1. The van der Waals surface area contributed by atoms with Crippen molar-refractivity contribution in [3.05, 3.63) is 66.2 Å². The lowest BCUT2D eigenvalue weighted by Crippen LogP contribution is -2.30. The Morgan fingerprint density at radius 1 is 1.15 bits per heavy atom. The first-order valence-corrected chi connectivity index (χ1v) is 8.74. The largest absolute Gasteiger partial charge is 0.475 e. The summed E-state index contributed by atoms with van der Waals surface area (Å²) in [5, 5.41) is 8.04. The summed E-state index contributed by atoms with van der Waals surface area (Å²) in [6.07, 6.45) is 5.76. The third-order valence-corrected chi connectivity index (χ3v) is 4.29. The van der Waals surface area contributed by atoms with E-state index in [0.29, 0.717) is 23.8 Å². The van der Waals surface area contributed by atoms with Crippen molar-refractivity contribution in [1.82, 2.24) is 25.1 Å². The van der Waals surface area contributed by atoms with Gasteiger partial charge in [0.1, 0.15) is 6.61 Å². The molecule has 1 aromatic carbocycles. The number of hydrogen-bond donors (Lipinski definition) is 2. The number of H-pyrrole nitrogens is 1. The molecule has 0 saturated heterocycles. The summed E-state index contributed by atoms with van der Waals surface area (Å²) >= 11 is 0. The molecular weight excluding hydrogens is 340 g/mol. The predicted octanol–water partition coefficient (Wildman–Crippen LogP) is 2.67. The highest BCUT2D eigenvalue weighted by molar-refractivity contribution is 5.82. The minimum absolute atomic E-state index is 0.121. The summed E-state index contributed by atoms with van der Waals surface area (Å²) in [5.74, 6) is 0.444. The van der Waals surface area contributed by atoms with E-state index in [1.54, 1.807) is 18.6 Å². The molecule has 0 amide bonds. The number of rotatable bonds is 6. The minimum Gasteiger partial charge on any atom is -0.475 e. The number of nitrogens with zero attached hydrogens (tertiary/aromatic N) is 4. The van der Waals surface area contributed by atoms with Crippen LogP contribution in [-0.4, -0.2) is 37.8 Å². The summed E-state index contributed by atoms with van der Waals surface area (Å²) in [4.78, 5) is 13.1. The number of ether oxygens (including phenoxy) is 1. The number of aromatic nitrogens is 5. The molecule has 0 spiro atoms. The van der Waals surface area contributed by atoms with Gasteiger partial charge in [-0.15, -0.1) is 0 Å². The van der Waals surface area contributed by atoms with E-state index in [-0.39, 0.29) is 6.04 Å². The fourth-order valence-electron chi connectivity index (χ4n) is 2.88. The standard InChI is InChI=1S/C20H20N6O/c1-13-17-8-15(9-23-20(17)26-25-13)18-10-22-11-19(24-18)27-12-16(21)7-14-5-3-2-4-6-14/h2-6,8-11,16H,7,12,21H2,1H3,(H,23,25,26)/t16-/m0/s1. The highest BCUT2D eigenvalue weighted by atomic mass is 16.5. The highest BCUT2D eigenvalue weighted by Crippen LogP contribution is 2.22. The van der Waals surface area contributed by atoms with E-state index in [4.69, 9.17) is 10.5 Å². The number of benzene rings is 1. The van der Waals surface area contributed by atoms with Crippen LogP contribution in [0.1, 0.15) is 11.3 Å². The monoisotopic (exact) mass is 360 g/mol. The summed E-state index contributed by atoms with van der Waals surface area (Å²) < 4.78 is 5.76. The molecule has 0 unspecified atom stereocenters. The molecule has 27 heavy (non-hydrogen) atoms. The quantitative estimate of drug-likeness (QED) is 0.548. The molecule has 0 bridgehead atoms. The summed E-state index contributed by atoms with van der Waals surface area (Å²) in [6, 6.07) is 12.0. The van der Waals surface area contributed by atoms with E-state index < -0.39 is 0 Å². The van der Waals surface area contributed by atoms with Crippen LogP contribution in [0.5, 0.6) is 5.88 Å². The van der Waals surface area contributed by atoms with Gasteiger partial charge in [-0.05, 0) is 25.0 Å². The first-order valence-electron chi connectivity index (χ1n) is 8.74. The number of fused-ring (bicyclic) bond motifs is 1. The molecule has 3 heterocycles. The smallest absolute Gasteiger partial charge is 0.232 e. The zero-order chi connectivity index (χ0) is 18.6. The normalized spacial score (nSPS) is 12.2. The second kappa shape index (κ2) is 7.51. The summed E-state index contributed by atoms with van der Waals surface area (Å²) in [5.41, 5.74) is 10.6. The first kappa shape index (κ1) is 17.1. The number of aromatic amines is 1. The van der Waals surface area contributed by atoms with E-state index in [2.05, 4.69) is 37.3 Å². The molecule has 0 aliphatic rings. The minimum atomic E-state index is -0.121. The van der Waals surface area contributed by atoms with Gasteiger partial charge in [0.25, 0.3) is 0 Å². The molecule has 3 aromatic heterocycles. The number of hydrogen-bond acceptors (Lipinski definition) is 6.